The van der Waals surface area contributed by atoms with Crippen LogP contribution in [0.15, 0.2) is 12.1 Å². The largest absolute Gasteiger partial charge is 0.508 e. The van der Waals surface area contributed by atoms with Gasteiger partial charge in [-0.2, -0.15) is 0 Å². The normalized spacial score (nSPS) is 26.7. The lowest BCUT2D eigenvalue weighted by Gasteiger charge is -2.48. The molecule has 1 aliphatic heterocycles. The van der Waals surface area contributed by atoms with Gasteiger partial charge in [-0.3, -0.25) is 0 Å². The van der Waals surface area contributed by atoms with Crippen molar-refractivity contribution in [2.45, 2.75) is 103 Å². The Balaban J connectivity index is 1.73. The van der Waals surface area contributed by atoms with Crippen molar-refractivity contribution < 1.29 is 9.84 Å². The number of ether oxygens (including phenoxy) is 1. The predicted octanol–water partition coefficient (Wildman–Crippen LogP) is 6.99. The molecule has 1 aromatic rings. The average molecular weight is 359 g/mol. The Morgan fingerprint density at radius 1 is 1.08 bits per heavy atom. The molecule has 3 rings (SSSR count). The van der Waals surface area contributed by atoms with Crippen molar-refractivity contribution in [1.29, 1.82) is 0 Å². The third-order valence-corrected chi connectivity index (χ3v) is 6.75. The molecule has 1 N–H and O–H groups in total. The lowest BCUT2D eigenvalue weighted by molar-refractivity contribution is -0.0145. The molecule has 26 heavy (non-hydrogen) atoms. The Morgan fingerprint density at radius 2 is 1.81 bits per heavy atom. The third kappa shape index (κ3) is 4.21. The molecule has 0 bridgehead atoms. The number of rotatable bonds is 7. The Morgan fingerprint density at radius 3 is 2.58 bits per heavy atom. The van der Waals surface area contributed by atoms with E-state index in [1.165, 1.54) is 63.4 Å². The predicted molar refractivity (Wildman–Crippen MR) is 109 cm³/mol. The van der Waals surface area contributed by atoms with Crippen LogP contribution in [0.5, 0.6) is 11.5 Å². The van der Waals surface area contributed by atoms with Crippen molar-refractivity contribution in [3.05, 3.63) is 23.3 Å². The van der Waals surface area contributed by atoms with Gasteiger partial charge in [0.1, 0.15) is 17.1 Å². The quantitative estimate of drug-likeness (QED) is 0.532. The minimum Gasteiger partial charge on any atom is -0.508 e. The molecule has 1 aliphatic carbocycles. The number of unbranched alkanes of at least 4 members (excludes halogenated alkanes) is 5. The first-order valence-corrected chi connectivity index (χ1v) is 11.0. The van der Waals surface area contributed by atoms with Crippen molar-refractivity contribution in [2.75, 3.05) is 0 Å². The smallest absolute Gasteiger partial charge is 0.127 e. The summed E-state index contributed by atoms with van der Waals surface area (Å²) in [4.78, 5) is 0. The Kier molecular flexibility index (Phi) is 6.20. The summed E-state index contributed by atoms with van der Waals surface area (Å²) in [5.74, 6) is 3.12. The van der Waals surface area contributed by atoms with Crippen LogP contribution in [0, 0.1) is 11.8 Å². The number of phenolic OH excluding ortho intramolecular Hbond substituents is 1. The molecule has 2 heteroatoms. The molecule has 3 atom stereocenters. The molecule has 1 aromatic carbocycles. The van der Waals surface area contributed by atoms with Crippen LogP contribution in [0.25, 0.3) is 0 Å². The summed E-state index contributed by atoms with van der Waals surface area (Å²) in [6, 6.07) is 4.24. The topological polar surface area (TPSA) is 29.5 Å². The molecule has 0 aromatic heterocycles. The van der Waals surface area contributed by atoms with E-state index < -0.39 is 0 Å². The molecule has 0 saturated heterocycles. The van der Waals surface area contributed by atoms with Crippen LogP contribution in [0.3, 0.4) is 0 Å². The summed E-state index contributed by atoms with van der Waals surface area (Å²) in [5.41, 5.74) is 2.19. The van der Waals surface area contributed by atoms with Crippen molar-refractivity contribution in [3.8, 4) is 11.5 Å². The van der Waals surface area contributed by atoms with E-state index in [0.717, 1.165) is 23.7 Å². The van der Waals surface area contributed by atoms with Crippen LogP contribution in [0.2, 0.25) is 0 Å². The molecule has 146 valence electrons. The highest BCUT2D eigenvalue weighted by Gasteiger charge is 2.47. The number of fused-ring (bicyclic) bond motifs is 3. The van der Waals surface area contributed by atoms with Gasteiger partial charge in [0.15, 0.2) is 0 Å². The summed E-state index contributed by atoms with van der Waals surface area (Å²) in [6.07, 6.45) is 12.5. The minimum absolute atomic E-state index is 0.136. The SMILES string of the molecule is CCCCCCCCc1cc(O)c2c(c1)OC(C)(C)[C@@H]1CC[C@@H](C)C[C@@H]21. The second kappa shape index (κ2) is 8.23. The average Bonchev–Trinajstić information content (AvgIpc) is 2.56. The van der Waals surface area contributed by atoms with E-state index in [4.69, 9.17) is 4.74 Å². The maximum absolute atomic E-state index is 10.8. The fourth-order valence-corrected chi connectivity index (χ4v) is 5.27. The highest BCUT2D eigenvalue weighted by Crippen LogP contribution is 2.55. The van der Waals surface area contributed by atoms with Gasteiger partial charge in [-0.25, -0.2) is 0 Å². The molecule has 0 radical (unpaired) electrons. The zero-order valence-electron chi connectivity index (χ0n) is 17.3. The van der Waals surface area contributed by atoms with E-state index in [-0.39, 0.29) is 5.60 Å². The molecule has 1 heterocycles. The van der Waals surface area contributed by atoms with E-state index in [0.29, 0.717) is 17.6 Å². The third-order valence-electron chi connectivity index (χ3n) is 6.75. The Bertz CT molecular complexity index is 604. The number of hydrogen-bond acceptors (Lipinski definition) is 2. The lowest BCUT2D eigenvalue weighted by atomic mass is 9.64. The number of hydrogen-bond donors (Lipinski definition) is 1. The van der Waals surface area contributed by atoms with Crippen LogP contribution < -0.4 is 4.74 Å². The second-order valence-electron chi connectivity index (χ2n) is 9.38. The van der Waals surface area contributed by atoms with Crippen molar-refractivity contribution >= 4 is 0 Å². The van der Waals surface area contributed by atoms with E-state index in [9.17, 15) is 5.11 Å². The van der Waals surface area contributed by atoms with E-state index in [2.05, 4.69) is 33.8 Å². The van der Waals surface area contributed by atoms with Gasteiger partial charge in [-0.05, 0) is 69.1 Å². The van der Waals surface area contributed by atoms with Gasteiger partial charge in [0, 0.05) is 11.5 Å². The van der Waals surface area contributed by atoms with Gasteiger partial charge in [-0.15, -0.1) is 0 Å². The molecule has 2 aliphatic rings. The molecular formula is C24H38O2. The minimum atomic E-state index is -0.136. The first kappa shape index (κ1) is 19.6. The summed E-state index contributed by atoms with van der Waals surface area (Å²) < 4.78 is 6.44. The molecular weight excluding hydrogens is 320 g/mol. The zero-order chi connectivity index (χ0) is 18.7. The van der Waals surface area contributed by atoms with Gasteiger partial charge in [0.2, 0.25) is 0 Å². The fourth-order valence-electron chi connectivity index (χ4n) is 5.27. The van der Waals surface area contributed by atoms with Gasteiger partial charge in [0.05, 0.1) is 0 Å². The number of benzene rings is 1. The van der Waals surface area contributed by atoms with Crippen LogP contribution in [0.1, 0.15) is 103 Å². The molecule has 0 spiro atoms. The first-order valence-electron chi connectivity index (χ1n) is 11.0. The molecule has 1 fully saturated rings. The molecule has 2 nitrogen and oxygen atoms in total. The number of phenols is 1. The number of aromatic hydroxyl groups is 1. The van der Waals surface area contributed by atoms with Gasteiger partial charge in [-0.1, -0.05) is 52.4 Å². The first-order chi connectivity index (χ1) is 12.4. The van der Waals surface area contributed by atoms with Gasteiger partial charge >= 0.3 is 0 Å². The maximum atomic E-state index is 10.8. The zero-order valence-corrected chi connectivity index (χ0v) is 17.3. The van der Waals surface area contributed by atoms with E-state index >= 15 is 0 Å². The van der Waals surface area contributed by atoms with Crippen LogP contribution in [-0.4, -0.2) is 10.7 Å². The van der Waals surface area contributed by atoms with Crippen molar-refractivity contribution in [2.24, 2.45) is 11.8 Å². The van der Waals surface area contributed by atoms with Crippen molar-refractivity contribution in [3.63, 3.8) is 0 Å². The van der Waals surface area contributed by atoms with Crippen LogP contribution >= 0.6 is 0 Å². The van der Waals surface area contributed by atoms with Gasteiger partial charge in [0.25, 0.3) is 0 Å². The summed E-state index contributed by atoms with van der Waals surface area (Å²) >= 11 is 0. The molecule has 0 amide bonds. The Hall–Kier alpha value is -1.18. The van der Waals surface area contributed by atoms with Gasteiger partial charge < -0.3 is 9.84 Å². The molecule has 1 saturated carbocycles. The second-order valence-corrected chi connectivity index (χ2v) is 9.38. The van der Waals surface area contributed by atoms with Crippen molar-refractivity contribution in [1.82, 2.24) is 0 Å². The van der Waals surface area contributed by atoms with E-state index in [1.54, 1.807) is 0 Å². The maximum Gasteiger partial charge on any atom is 0.127 e. The van der Waals surface area contributed by atoms with E-state index in [1.807, 2.05) is 6.07 Å². The summed E-state index contributed by atoms with van der Waals surface area (Å²) in [7, 11) is 0. The molecule has 0 unspecified atom stereocenters. The van der Waals surface area contributed by atoms with Crippen LogP contribution in [0.4, 0.5) is 0 Å². The lowest BCUT2D eigenvalue weighted by Crippen LogP contribution is -2.46. The standard InChI is InChI=1S/C24H38O2/c1-5-6-7-8-9-10-11-18-15-21(25)23-19-14-17(2)12-13-20(19)24(3,4)26-22(23)16-18/h15-17,19-20,25H,5-14H2,1-4H3/t17-,19-,20-/m1/s1. The highest BCUT2D eigenvalue weighted by atomic mass is 16.5. The number of aryl methyl sites for hydroxylation is 1. The summed E-state index contributed by atoms with van der Waals surface area (Å²) in [6.45, 7) is 9.08. The fraction of sp³-hybridized carbons (Fsp3) is 0.750. The highest BCUT2D eigenvalue weighted by molar-refractivity contribution is 5.52. The monoisotopic (exact) mass is 358 g/mol. The Labute approximate surface area is 160 Å². The van der Waals surface area contributed by atoms with Crippen LogP contribution in [-0.2, 0) is 6.42 Å². The summed E-state index contributed by atoms with van der Waals surface area (Å²) in [5, 5.41) is 10.8.